The van der Waals surface area contributed by atoms with Crippen molar-refractivity contribution in [3.8, 4) is 0 Å². The van der Waals surface area contributed by atoms with Gasteiger partial charge in [0.05, 0.1) is 5.69 Å². The fourth-order valence-electron chi connectivity index (χ4n) is 1.37. The molecule has 0 aliphatic heterocycles. The van der Waals surface area contributed by atoms with Gasteiger partial charge in [-0.3, -0.25) is 9.78 Å². The van der Waals surface area contributed by atoms with Gasteiger partial charge in [-0.25, -0.2) is 13.1 Å². The van der Waals surface area contributed by atoms with Crippen LogP contribution in [-0.2, 0) is 21.4 Å². The highest BCUT2D eigenvalue weighted by Gasteiger charge is 2.18. The van der Waals surface area contributed by atoms with Crippen molar-refractivity contribution in [2.24, 2.45) is 11.5 Å². The summed E-state index contributed by atoms with van der Waals surface area (Å²) in [6.45, 7) is 1.80. The van der Waals surface area contributed by atoms with Crippen LogP contribution in [-0.4, -0.2) is 25.4 Å². The van der Waals surface area contributed by atoms with Gasteiger partial charge >= 0.3 is 0 Å². The molecule has 1 aromatic heterocycles. The predicted octanol–water partition coefficient (Wildman–Crippen LogP) is -0.917. The lowest BCUT2D eigenvalue weighted by Gasteiger charge is -2.12. The van der Waals surface area contributed by atoms with Crippen LogP contribution in [0.4, 0.5) is 0 Å². The van der Waals surface area contributed by atoms with Crippen LogP contribution in [0.1, 0.15) is 19.0 Å². The second kappa shape index (κ2) is 5.89. The Bertz CT molecular complexity index is 512. The number of sulfonamides is 1. The van der Waals surface area contributed by atoms with Crippen molar-refractivity contribution in [3.05, 3.63) is 24.0 Å². The maximum Gasteiger partial charge on any atom is 0.242 e. The van der Waals surface area contributed by atoms with Crippen molar-refractivity contribution in [1.29, 1.82) is 0 Å². The number of amides is 1. The monoisotopic (exact) mass is 272 g/mol. The third-order valence-corrected chi connectivity index (χ3v) is 3.76. The second-order valence-electron chi connectivity index (χ2n) is 3.88. The first-order valence-corrected chi connectivity index (χ1v) is 6.79. The summed E-state index contributed by atoms with van der Waals surface area (Å²) in [4.78, 5) is 14.6. The molecule has 1 aromatic rings. The first kappa shape index (κ1) is 14.6. The van der Waals surface area contributed by atoms with Crippen LogP contribution in [0.2, 0.25) is 0 Å². The number of nitrogens with zero attached hydrogens (tertiary/aromatic N) is 1. The Kier molecular flexibility index (Phi) is 4.76. The van der Waals surface area contributed by atoms with Crippen LogP contribution in [0.25, 0.3) is 0 Å². The molecule has 0 saturated heterocycles. The summed E-state index contributed by atoms with van der Waals surface area (Å²) in [5.74, 6) is -0.568. The van der Waals surface area contributed by atoms with Gasteiger partial charge in [-0.1, -0.05) is 0 Å². The largest absolute Gasteiger partial charge is 0.370 e. The summed E-state index contributed by atoms with van der Waals surface area (Å²) in [6, 6.07) is 2.38. The maximum atomic E-state index is 11.9. The Morgan fingerprint density at radius 3 is 2.61 bits per heavy atom. The maximum absolute atomic E-state index is 11.9. The highest BCUT2D eigenvalue weighted by Crippen LogP contribution is 2.09. The molecule has 5 N–H and O–H groups in total. The van der Waals surface area contributed by atoms with Crippen LogP contribution in [0.15, 0.2) is 23.2 Å². The molecule has 8 heteroatoms. The molecule has 0 aromatic carbocycles. The lowest BCUT2D eigenvalue weighted by atomic mass is 10.2. The Morgan fingerprint density at radius 2 is 2.17 bits per heavy atom. The molecule has 0 saturated carbocycles. The van der Waals surface area contributed by atoms with Gasteiger partial charge in [0.25, 0.3) is 0 Å². The second-order valence-corrected chi connectivity index (χ2v) is 5.60. The van der Waals surface area contributed by atoms with Gasteiger partial charge in [-0.05, 0) is 19.1 Å². The van der Waals surface area contributed by atoms with Gasteiger partial charge in [0.15, 0.2) is 0 Å². The molecule has 0 radical (unpaired) electrons. The van der Waals surface area contributed by atoms with Gasteiger partial charge in [-0.2, -0.15) is 0 Å². The number of aromatic nitrogens is 1. The van der Waals surface area contributed by atoms with Crippen molar-refractivity contribution in [3.63, 3.8) is 0 Å². The Hall–Kier alpha value is -1.51. The molecule has 100 valence electrons. The fourth-order valence-corrected chi connectivity index (χ4v) is 2.55. The topological polar surface area (TPSA) is 128 Å². The lowest BCUT2D eigenvalue weighted by molar-refractivity contribution is -0.118. The molecule has 1 unspecified atom stereocenters. The third kappa shape index (κ3) is 4.06. The predicted molar refractivity (Wildman–Crippen MR) is 65.7 cm³/mol. The van der Waals surface area contributed by atoms with E-state index < -0.39 is 22.0 Å². The van der Waals surface area contributed by atoms with E-state index in [9.17, 15) is 13.2 Å². The molecule has 1 atom stereocenters. The highest BCUT2D eigenvalue weighted by atomic mass is 32.2. The number of carbonyl (C=O) groups excluding carboxylic acids is 1. The molecule has 0 spiro atoms. The summed E-state index contributed by atoms with van der Waals surface area (Å²) in [5, 5.41) is 0. The van der Waals surface area contributed by atoms with E-state index in [0.717, 1.165) is 0 Å². The van der Waals surface area contributed by atoms with Gasteiger partial charge in [0.1, 0.15) is 4.90 Å². The van der Waals surface area contributed by atoms with Crippen LogP contribution in [0.5, 0.6) is 0 Å². The minimum absolute atomic E-state index is 0.0241. The zero-order chi connectivity index (χ0) is 13.8. The Balaban J connectivity index is 2.82. The molecular formula is C10H16N4O3S. The Morgan fingerprint density at radius 1 is 1.50 bits per heavy atom. The van der Waals surface area contributed by atoms with E-state index in [1.165, 1.54) is 18.3 Å². The summed E-state index contributed by atoms with van der Waals surface area (Å²) < 4.78 is 26.1. The molecule has 0 aliphatic carbocycles. The van der Waals surface area contributed by atoms with Crippen molar-refractivity contribution >= 4 is 15.9 Å². The van der Waals surface area contributed by atoms with Crippen molar-refractivity contribution in [2.45, 2.75) is 30.8 Å². The van der Waals surface area contributed by atoms with Crippen LogP contribution in [0, 0.1) is 0 Å². The zero-order valence-corrected chi connectivity index (χ0v) is 10.8. The smallest absolute Gasteiger partial charge is 0.242 e. The zero-order valence-electron chi connectivity index (χ0n) is 9.96. The highest BCUT2D eigenvalue weighted by molar-refractivity contribution is 7.89. The van der Waals surface area contributed by atoms with Gasteiger partial charge in [0, 0.05) is 25.2 Å². The summed E-state index contributed by atoms with van der Waals surface area (Å²) in [5.41, 5.74) is 11.0. The average molecular weight is 272 g/mol. The molecule has 7 nitrogen and oxygen atoms in total. The summed E-state index contributed by atoms with van der Waals surface area (Å²) in [6.07, 6.45) is 1.16. The number of rotatable bonds is 6. The van der Waals surface area contributed by atoms with Gasteiger partial charge < -0.3 is 11.5 Å². The molecule has 1 rings (SSSR count). The Labute approximate surface area is 106 Å². The average Bonchev–Trinajstić information content (AvgIpc) is 2.27. The van der Waals surface area contributed by atoms with Crippen LogP contribution in [0.3, 0.4) is 0 Å². The van der Waals surface area contributed by atoms with E-state index >= 15 is 0 Å². The first-order chi connectivity index (χ1) is 8.35. The summed E-state index contributed by atoms with van der Waals surface area (Å²) >= 11 is 0. The van der Waals surface area contributed by atoms with Crippen LogP contribution < -0.4 is 16.2 Å². The van der Waals surface area contributed by atoms with Gasteiger partial charge in [0.2, 0.25) is 15.9 Å². The summed E-state index contributed by atoms with van der Waals surface area (Å²) in [7, 11) is -3.69. The number of primary amides is 1. The van der Waals surface area contributed by atoms with Gasteiger partial charge in [-0.15, -0.1) is 0 Å². The van der Waals surface area contributed by atoms with E-state index in [4.69, 9.17) is 11.5 Å². The molecular weight excluding hydrogens is 256 g/mol. The molecule has 0 bridgehead atoms. The number of hydrogen-bond donors (Lipinski definition) is 3. The van der Waals surface area contributed by atoms with E-state index in [1.54, 1.807) is 6.92 Å². The molecule has 1 heterocycles. The minimum atomic E-state index is -3.69. The first-order valence-electron chi connectivity index (χ1n) is 5.31. The molecule has 0 fully saturated rings. The third-order valence-electron chi connectivity index (χ3n) is 2.18. The number of pyridine rings is 1. The number of hydrogen-bond acceptors (Lipinski definition) is 5. The standard InChI is InChI=1S/C10H16N4O3S/c1-7(4-10(12)15)14-18(16,17)9-3-2-8(5-11)13-6-9/h2-3,6-7,14H,4-5,11H2,1H3,(H2,12,15). The fraction of sp³-hybridized carbons (Fsp3) is 0.400. The number of nitrogens with one attached hydrogen (secondary N) is 1. The molecule has 18 heavy (non-hydrogen) atoms. The lowest BCUT2D eigenvalue weighted by Crippen LogP contribution is -2.35. The van der Waals surface area contributed by atoms with E-state index in [0.29, 0.717) is 5.69 Å². The van der Waals surface area contributed by atoms with Crippen LogP contribution >= 0.6 is 0 Å². The SMILES string of the molecule is CC(CC(N)=O)NS(=O)(=O)c1ccc(CN)nc1. The van der Waals surface area contributed by atoms with E-state index in [2.05, 4.69) is 9.71 Å². The molecule has 1 amide bonds. The number of nitrogens with two attached hydrogens (primary N) is 2. The van der Waals surface area contributed by atoms with E-state index in [1.807, 2.05) is 0 Å². The van der Waals surface area contributed by atoms with Crippen molar-refractivity contribution in [2.75, 3.05) is 0 Å². The normalized spacial score (nSPS) is 13.2. The minimum Gasteiger partial charge on any atom is -0.370 e. The van der Waals surface area contributed by atoms with Crippen molar-refractivity contribution in [1.82, 2.24) is 9.71 Å². The quantitative estimate of drug-likeness (QED) is 0.617. The molecule has 0 aliphatic rings. The number of carbonyl (C=O) groups is 1. The van der Waals surface area contributed by atoms with E-state index in [-0.39, 0.29) is 17.9 Å². The van der Waals surface area contributed by atoms with Crippen molar-refractivity contribution < 1.29 is 13.2 Å².